The van der Waals surface area contributed by atoms with Gasteiger partial charge in [-0.1, -0.05) is 32.9 Å². The predicted octanol–water partition coefficient (Wildman–Crippen LogP) is 4.45. The second-order valence-electron chi connectivity index (χ2n) is 4.75. The topological polar surface area (TPSA) is 9.23 Å². The molecule has 0 N–H and O–H groups in total. The van der Waals surface area contributed by atoms with E-state index < -0.39 is 0 Å². The molecule has 1 aromatic carbocycles. The molecule has 0 aromatic heterocycles. The van der Waals surface area contributed by atoms with Crippen LogP contribution in [0, 0.1) is 5.41 Å². The van der Waals surface area contributed by atoms with Crippen molar-refractivity contribution >= 4 is 17.3 Å². The van der Waals surface area contributed by atoms with Gasteiger partial charge >= 0.3 is 0 Å². The Morgan fingerprint density at radius 2 is 1.75 bits per heavy atom. The van der Waals surface area contributed by atoms with E-state index in [1.807, 2.05) is 12.1 Å². The van der Waals surface area contributed by atoms with E-state index in [9.17, 15) is 0 Å². The predicted molar refractivity (Wildman–Crippen MR) is 73.9 cm³/mol. The van der Waals surface area contributed by atoms with Gasteiger partial charge in [0.15, 0.2) is 0 Å². The second kappa shape index (κ2) is 5.44. The molecule has 0 spiro atoms. The smallest absolute Gasteiger partial charge is 0.118 e. The molecule has 1 aromatic rings. The summed E-state index contributed by atoms with van der Waals surface area (Å²) < 4.78 is 5.17. The zero-order valence-corrected chi connectivity index (χ0v) is 11.5. The van der Waals surface area contributed by atoms with Gasteiger partial charge < -0.3 is 4.74 Å². The molecule has 0 aliphatic carbocycles. The maximum Gasteiger partial charge on any atom is 0.118 e. The van der Waals surface area contributed by atoms with Crippen LogP contribution in [-0.4, -0.2) is 13.4 Å². The SMILES string of the molecule is COc1ccc(/C(=C/SC)C(C)(C)C)cc1. The van der Waals surface area contributed by atoms with Crippen LogP contribution in [0.15, 0.2) is 29.7 Å². The van der Waals surface area contributed by atoms with Crippen LogP contribution in [0.4, 0.5) is 0 Å². The standard InChI is InChI=1S/C14H20OS/c1-14(2,3)13(10-16-5)11-6-8-12(15-4)9-7-11/h6-10H,1-5H3/b13-10-. The lowest BCUT2D eigenvalue weighted by Gasteiger charge is -2.23. The quantitative estimate of drug-likeness (QED) is 0.767. The minimum absolute atomic E-state index is 0.164. The third-order valence-electron chi connectivity index (χ3n) is 2.44. The zero-order valence-electron chi connectivity index (χ0n) is 10.7. The van der Waals surface area contributed by atoms with Gasteiger partial charge in [-0.05, 0) is 40.3 Å². The highest BCUT2D eigenvalue weighted by Gasteiger charge is 2.18. The first-order chi connectivity index (χ1) is 7.49. The number of ether oxygens (including phenoxy) is 1. The lowest BCUT2D eigenvalue weighted by molar-refractivity contribution is 0.414. The van der Waals surface area contributed by atoms with Crippen molar-refractivity contribution in [2.24, 2.45) is 5.41 Å². The minimum atomic E-state index is 0.164. The fraction of sp³-hybridized carbons (Fsp3) is 0.429. The summed E-state index contributed by atoms with van der Waals surface area (Å²) in [5, 5.41) is 2.22. The molecule has 0 radical (unpaired) electrons. The van der Waals surface area contributed by atoms with Gasteiger partial charge in [-0.15, -0.1) is 11.8 Å². The number of methoxy groups -OCH3 is 1. The molecule has 0 amide bonds. The van der Waals surface area contributed by atoms with Gasteiger partial charge in [0, 0.05) is 0 Å². The van der Waals surface area contributed by atoms with Gasteiger partial charge in [0.05, 0.1) is 7.11 Å². The Hall–Kier alpha value is -0.890. The molecular weight excluding hydrogens is 216 g/mol. The normalized spacial score (nSPS) is 12.7. The number of rotatable bonds is 3. The van der Waals surface area contributed by atoms with Gasteiger partial charge in [0.2, 0.25) is 0 Å². The van der Waals surface area contributed by atoms with Gasteiger partial charge in [-0.2, -0.15) is 0 Å². The average molecular weight is 236 g/mol. The van der Waals surface area contributed by atoms with E-state index in [1.165, 1.54) is 11.1 Å². The van der Waals surface area contributed by atoms with Crippen LogP contribution in [0.1, 0.15) is 26.3 Å². The molecule has 0 unspecified atom stereocenters. The Morgan fingerprint density at radius 1 is 1.19 bits per heavy atom. The number of allylic oxidation sites excluding steroid dienone is 1. The molecule has 88 valence electrons. The first kappa shape index (κ1) is 13.2. The van der Waals surface area contributed by atoms with E-state index in [4.69, 9.17) is 4.74 Å². The van der Waals surface area contributed by atoms with Crippen molar-refractivity contribution in [3.63, 3.8) is 0 Å². The number of thioether (sulfide) groups is 1. The lowest BCUT2D eigenvalue weighted by Crippen LogP contribution is -2.08. The Bertz CT molecular complexity index is 357. The lowest BCUT2D eigenvalue weighted by atomic mass is 9.83. The fourth-order valence-electron chi connectivity index (χ4n) is 1.57. The Kier molecular flexibility index (Phi) is 4.48. The van der Waals surface area contributed by atoms with E-state index in [2.05, 4.69) is 44.6 Å². The number of hydrogen-bond acceptors (Lipinski definition) is 2. The molecule has 0 fully saturated rings. The van der Waals surface area contributed by atoms with Gasteiger partial charge in [0.25, 0.3) is 0 Å². The highest BCUT2D eigenvalue weighted by Crippen LogP contribution is 2.35. The van der Waals surface area contributed by atoms with Gasteiger partial charge in [-0.3, -0.25) is 0 Å². The van der Waals surface area contributed by atoms with E-state index in [1.54, 1.807) is 18.9 Å². The van der Waals surface area contributed by atoms with Crippen LogP contribution < -0.4 is 4.74 Å². The van der Waals surface area contributed by atoms with Crippen molar-refractivity contribution in [1.82, 2.24) is 0 Å². The van der Waals surface area contributed by atoms with Crippen molar-refractivity contribution < 1.29 is 4.74 Å². The maximum absolute atomic E-state index is 5.17. The van der Waals surface area contributed by atoms with E-state index in [-0.39, 0.29) is 5.41 Å². The first-order valence-corrected chi connectivity index (χ1v) is 6.65. The summed E-state index contributed by atoms with van der Waals surface area (Å²) in [6.07, 6.45) is 2.09. The summed E-state index contributed by atoms with van der Waals surface area (Å²) in [6, 6.07) is 8.25. The van der Waals surface area contributed by atoms with E-state index in [0.717, 1.165) is 5.75 Å². The summed E-state index contributed by atoms with van der Waals surface area (Å²) in [5.41, 5.74) is 2.79. The molecule has 0 atom stereocenters. The highest BCUT2D eigenvalue weighted by atomic mass is 32.2. The third kappa shape index (κ3) is 3.31. The minimum Gasteiger partial charge on any atom is -0.497 e. The molecule has 16 heavy (non-hydrogen) atoms. The molecule has 0 aliphatic rings. The van der Waals surface area contributed by atoms with Crippen LogP contribution in [0.2, 0.25) is 0 Å². The molecule has 1 rings (SSSR count). The molecule has 1 nitrogen and oxygen atoms in total. The first-order valence-electron chi connectivity index (χ1n) is 5.37. The maximum atomic E-state index is 5.17. The highest BCUT2D eigenvalue weighted by molar-refractivity contribution is 8.01. The van der Waals surface area contributed by atoms with Crippen molar-refractivity contribution in [3.05, 3.63) is 35.2 Å². The van der Waals surface area contributed by atoms with Crippen LogP contribution in [0.3, 0.4) is 0 Å². The summed E-state index contributed by atoms with van der Waals surface area (Å²) >= 11 is 1.75. The largest absolute Gasteiger partial charge is 0.497 e. The van der Waals surface area contributed by atoms with E-state index in [0.29, 0.717) is 0 Å². The third-order valence-corrected chi connectivity index (χ3v) is 2.92. The molecule has 0 heterocycles. The monoisotopic (exact) mass is 236 g/mol. The molecular formula is C14H20OS. The van der Waals surface area contributed by atoms with Crippen LogP contribution >= 0.6 is 11.8 Å². The summed E-state index contributed by atoms with van der Waals surface area (Å²) in [5.74, 6) is 0.904. The number of hydrogen-bond donors (Lipinski definition) is 0. The molecule has 0 saturated carbocycles. The zero-order chi connectivity index (χ0) is 12.2. The second-order valence-corrected chi connectivity index (χ2v) is 5.45. The van der Waals surface area contributed by atoms with Crippen molar-refractivity contribution in [2.45, 2.75) is 20.8 Å². The summed E-state index contributed by atoms with van der Waals surface area (Å²) in [6.45, 7) is 6.71. The molecule has 0 aliphatic heterocycles. The molecule has 0 bridgehead atoms. The van der Waals surface area contributed by atoms with Gasteiger partial charge in [-0.25, -0.2) is 0 Å². The van der Waals surface area contributed by atoms with Gasteiger partial charge in [0.1, 0.15) is 5.75 Å². The molecule has 0 saturated heterocycles. The number of benzene rings is 1. The average Bonchev–Trinajstić information content (AvgIpc) is 2.25. The molecule has 2 heteroatoms. The van der Waals surface area contributed by atoms with Crippen molar-refractivity contribution in [2.75, 3.05) is 13.4 Å². The van der Waals surface area contributed by atoms with Crippen molar-refractivity contribution in [1.29, 1.82) is 0 Å². The fourth-order valence-corrected chi connectivity index (χ4v) is 2.29. The Labute approximate surface area is 103 Å². The summed E-state index contributed by atoms with van der Waals surface area (Å²) in [7, 11) is 1.69. The van der Waals surface area contributed by atoms with Crippen molar-refractivity contribution in [3.8, 4) is 5.75 Å². The Balaban J connectivity index is 3.08. The van der Waals surface area contributed by atoms with E-state index >= 15 is 0 Å². The van der Waals surface area contributed by atoms with Crippen LogP contribution in [-0.2, 0) is 0 Å². The summed E-state index contributed by atoms with van der Waals surface area (Å²) in [4.78, 5) is 0. The van der Waals surface area contributed by atoms with Crippen LogP contribution in [0.25, 0.3) is 5.57 Å². The van der Waals surface area contributed by atoms with Crippen LogP contribution in [0.5, 0.6) is 5.75 Å². The Morgan fingerprint density at radius 3 is 2.12 bits per heavy atom.